The van der Waals surface area contributed by atoms with E-state index in [1.165, 1.54) is 6.42 Å². The molecule has 7 heteroatoms. The molecule has 1 aliphatic rings. The molecule has 0 bridgehead atoms. The Morgan fingerprint density at radius 2 is 1.47 bits per heavy atom. The number of nitrogens with zero attached hydrogens (tertiary/aromatic N) is 1. The molecule has 2 aromatic rings. The minimum Gasteiger partial charge on any atom is -0.376 e. The second-order valence-electron chi connectivity index (χ2n) is 7.31. The number of hydrogen-bond donors (Lipinski definition) is 3. The number of benzene rings is 2. The van der Waals surface area contributed by atoms with Gasteiger partial charge in [0, 0.05) is 42.1 Å². The summed E-state index contributed by atoms with van der Waals surface area (Å²) in [6.45, 7) is 3.48. The fourth-order valence-electron chi connectivity index (χ4n) is 3.32. The lowest BCUT2D eigenvalue weighted by Crippen LogP contribution is -2.35. The van der Waals surface area contributed by atoms with Crippen molar-refractivity contribution in [3.63, 3.8) is 0 Å². The van der Waals surface area contributed by atoms with Gasteiger partial charge in [-0.15, -0.1) is 0 Å². The smallest absolute Gasteiger partial charge is 0.253 e. The van der Waals surface area contributed by atoms with Crippen molar-refractivity contribution in [2.75, 3.05) is 35.6 Å². The molecule has 3 rings (SSSR count). The zero-order valence-electron chi connectivity index (χ0n) is 17.2. The molecule has 0 radical (unpaired) electrons. The van der Waals surface area contributed by atoms with Crippen molar-refractivity contribution in [1.29, 1.82) is 0 Å². The Hall–Kier alpha value is -3.35. The molecule has 158 valence electrons. The maximum absolute atomic E-state index is 12.6. The van der Waals surface area contributed by atoms with E-state index in [0.717, 1.165) is 31.6 Å². The summed E-state index contributed by atoms with van der Waals surface area (Å²) < 4.78 is 0. The average Bonchev–Trinajstić information content (AvgIpc) is 2.79. The minimum atomic E-state index is -0.201. The molecule has 2 aromatic carbocycles. The van der Waals surface area contributed by atoms with Crippen LogP contribution in [0.15, 0.2) is 48.5 Å². The van der Waals surface area contributed by atoms with Gasteiger partial charge in [0.15, 0.2) is 0 Å². The molecule has 30 heavy (non-hydrogen) atoms. The Morgan fingerprint density at radius 1 is 0.833 bits per heavy atom. The maximum atomic E-state index is 12.6. The highest BCUT2D eigenvalue weighted by molar-refractivity contribution is 5.96. The van der Waals surface area contributed by atoms with E-state index in [1.807, 2.05) is 17.0 Å². The van der Waals surface area contributed by atoms with Gasteiger partial charge in [-0.05, 0) is 61.7 Å². The van der Waals surface area contributed by atoms with E-state index in [4.69, 9.17) is 0 Å². The van der Waals surface area contributed by atoms with Gasteiger partial charge >= 0.3 is 0 Å². The van der Waals surface area contributed by atoms with E-state index in [-0.39, 0.29) is 24.3 Å². The van der Waals surface area contributed by atoms with Crippen LogP contribution in [-0.2, 0) is 9.59 Å². The first-order valence-electron chi connectivity index (χ1n) is 10.4. The summed E-state index contributed by atoms with van der Waals surface area (Å²) in [7, 11) is 0. The van der Waals surface area contributed by atoms with Crippen LogP contribution in [0.5, 0.6) is 0 Å². The van der Waals surface area contributed by atoms with Crippen LogP contribution in [0.3, 0.4) is 0 Å². The molecule has 7 nitrogen and oxygen atoms in total. The van der Waals surface area contributed by atoms with Crippen LogP contribution in [0.2, 0.25) is 0 Å². The number of amides is 3. The molecular weight excluding hydrogens is 380 g/mol. The number of likely N-dealkylation sites (tertiary alicyclic amines) is 1. The van der Waals surface area contributed by atoms with Crippen molar-refractivity contribution in [1.82, 2.24) is 4.90 Å². The van der Waals surface area contributed by atoms with Crippen LogP contribution >= 0.6 is 0 Å². The number of carbonyl (C=O) groups is 3. The molecule has 0 atom stereocenters. The van der Waals surface area contributed by atoms with E-state index in [9.17, 15) is 14.4 Å². The summed E-state index contributed by atoms with van der Waals surface area (Å²) >= 11 is 0. The molecule has 0 unspecified atom stereocenters. The van der Waals surface area contributed by atoms with E-state index >= 15 is 0 Å². The van der Waals surface area contributed by atoms with E-state index < -0.39 is 0 Å². The highest BCUT2D eigenvalue weighted by Gasteiger charge is 2.18. The fourth-order valence-corrected chi connectivity index (χ4v) is 3.32. The fraction of sp³-hybridized carbons (Fsp3) is 0.348. The van der Waals surface area contributed by atoms with Gasteiger partial charge in [0.05, 0.1) is 6.54 Å². The number of rotatable bonds is 7. The molecule has 0 aliphatic carbocycles. The molecule has 0 spiro atoms. The molecule has 1 heterocycles. The second-order valence-corrected chi connectivity index (χ2v) is 7.31. The quantitative estimate of drug-likeness (QED) is 0.651. The Balaban J connectivity index is 1.51. The predicted octanol–water partition coefficient (Wildman–Crippen LogP) is 3.71. The van der Waals surface area contributed by atoms with Crippen molar-refractivity contribution in [2.45, 2.75) is 32.6 Å². The summed E-state index contributed by atoms with van der Waals surface area (Å²) in [5.74, 6) is -0.219. The largest absolute Gasteiger partial charge is 0.376 e. The van der Waals surface area contributed by atoms with Gasteiger partial charge in [-0.2, -0.15) is 0 Å². The van der Waals surface area contributed by atoms with Crippen LogP contribution in [0.1, 0.15) is 43.0 Å². The molecule has 1 aliphatic heterocycles. The molecule has 3 N–H and O–H groups in total. The predicted molar refractivity (Wildman–Crippen MR) is 119 cm³/mol. The summed E-state index contributed by atoms with van der Waals surface area (Å²) in [6.07, 6.45) is 3.69. The molecule has 3 amide bonds. The zero-order valence-corrected chi connectivity index (χ0v) is 17.2. The topological polar surface area (TPSA) is 90.5 Å². The Labute approximate surface area is 176 Å². The lowest BCUT2D eigenvalue weighted by molar-refractivity contribution is -0.116. The zero-order chi connectivity index (χ0) is 21.3. The Bertz CT molecular complexity index is 890. The van der Waals surface area contributed by atoms with Crippen molar-refractivity contribution >= 4 is 34.8 Å². The normalized spacial score (nSPS) is 13.4. The highest BCUT2D eigenvalue weighted by atomic mass is 16.2. The minimum absolute atomic E-state index is 0.0399. The summed E-state index contributed by atoms with van der Waals surface area (Å²) in [4.78, 5) is 38.2. The molecule has 1 saturated heterocycles. The first kappa shape index (κ1) is 21.4. The van der Waals surface area contributed by atoms with Crippen molar-refractivity contribution in [3.05, 3.63) is 54.1 Å². The van der Waals surface area contributed by atoms with E-state index in [1.54, 1.807) is 43.3 Å². The molecule has 1 fully saturated rings. The highest BCUT2D eigenvalue weighted by Crippen LogP contribution is 2.17. The number of carbonyl (C=O) groups excluding carboxylic acids is 3. The third-order valence-electron chi connectivity index (χ3n) is 4.98. The molecule has 0 aromatic heterocycles. The Kier molecular flexibility index (Phi) is 7.43. The summed E-state index contributed by atoms with van der Waals surface area (Å²) in [5.41, 5.74) is 2.69. The lowest BCUT2D eigenvalue weighted by atomic mass is 10.1. The van der Waals surface area contributed by atoms with Gasteiger partial charge in [-0.25, -0.2) is 0 Å². The number of anilines is 3. The van der Waals surface area contributed by atoms with Crippen LogP contribution in [0, 0.1) is 0 Å². The van der Waals surface area contributed by atoms with Gasteiger partial charge in [0.1, 0.15) is 0 Å². The lowest BCUT2D eigenvalue weighted by Gasteiger charge is -2.26. The average molecular weight is 409 g/mol. The van der Waals surface area contributed by atoms with Crippen molar-refractivity contribution in [2.24, 2.45) is 0 Å². The van der Waals surface area contributed by atoms with Crippen LogP contribution in [0.25, 0.3) is 0 Å². The number of nitrogens with one attached hydrogen (secondary N) is 3. The van der Waals surface area contributed by atoms with Gasteiger partial charge in [-0.1, -0.05) is 13.0 Å². The summed E-state index contributed by atoms with van der Waals surface area (Å²) in [5, 5.41) is 8.64. The monoisotopic (exact) mass is 408 g/mol. The number of piperidine rings is 1. The first-order valence-corrected chi connectivity index (χ1v) is 10.4. The van der Waals surface area contributed by atoms with Crippen molar-refractivity contribution < 1.29 is 14.4 Å². The van der Waals surface area contributed by atoms with Gasteiger partial charge in [0.2, 0.25) is 11.8 Å². The molecular formula is C23H28N4O3. The van der Waals surface area contributed by atoms with Crippen LogP contribution in [-0.4, -0.2) is 42.3 Å². The van der Waals surface area contributed by atoms with E-state index in [0.29, 0.717) is 23.4 Å². The standard InChI is InChI=1S/C23H28N4O3/c1-2-21(28)25-18-9-11-19(12-10-18)26-22(29)16-24-20-8-6-7-17(15-20)23(30)27-13-4-3-5-14-27/h6-12,15,24H,2-5,13-14,16H2,1H3,(H,25,28)(H,26,29). The van der Waals surface area contributed by atoms with Crippen LogP contribution < -0.4 is 16.0 Å². The van der Waals surface area contributed by atoms with Crippen LogP contribution in [0.4, 0.5) is 17.1 Å². The second kappa shape index (κ2) is 10.4. The third-order valence-corrected chi connectivity index (χ3v) is 4.98. The maximum Gasteiger partial charge on any atom is 0.253 e. The molecule has 0 saturated carbocycles. The van der Waals surface area contributed by atoms with E-state index in [2.05, 4.69) is 16.0 Å². The third kappa shape index (κ3) is 6.07. The van der Waals surface area contributed by atoms with Gasteiger partial charge in [-0.3, -0.25) is 14.4 Å². The summed E-state index contributed by atoms with van der Waals surface area (Å²) in [6, 6.07) is 14.2. The SMILES string of the molecule is CCC(=O)Nc1ccc(NC(=O)CNc2cccc(C(=O)N3CCCCC3)c2)cc1. The van der Waals surface area contributed by atoms with Gasteiger partial charge < -0.3 is 20.9 Å². The van der Waals surface area contributed by atoms with Crippen molar-refractivity contribution in [3.8, 4) is 0 Å². The first-order chi connectivity index (χ1) is 14.5. The Morgan fingerprint density at radius 3 is 2.10 bits per heavy atom. The van der Waals surface area contributed by atoms with Gasteiger partial charge in [0.25, 0.3) is 5.91 Å². The number of hydrogen-bond acceptors (Lipinski definition) is 4.